The highest BCUT2D eigenvalue weighted by atomic mass is 19.1. The number of hydrogen-bond acceptors (Lipinski definition) is 3. The molecule has 1 N–H and O–H groups in total. The summed E-state index contributed by atoms with van der Waals surface area (Å²) in [4.78, 5) is 0. The Labute approximate surface area is 94.6 Å². The Morgan fingerprint density at radius 3 is 2.56 bits per heavy atom. The molecule has 1 fully saturated rings. The van der Waals surface area contributed by atoms with E-state index < -0.39 is 0 Å². The van der Waals surface area contributed by atoms with Crippen LogP contribution in [0.25, 0.3) is 0 Å². The number of rotatable bonds is 3. The molecule has 0 unspecified atom stereocenters. The molecular weight excluding hydrogens is 209 g/mol. The predicted octanol–water partition coefficient (Wildman–Crippen LogP) is 1.88. The van der Waals surface area contributed by atoms with Crippen molar-refractivity contribution in [3.05, 3.63) is 23.5 Å². The van der Waals surface area contributed by atoms with E-state index in [1.54, 1.807) is 6.07 Å². The van der Waals surface area contributed by atoms with Gasteiger partial charge in [0.25, 0.3) is 0 Å². The van der Waals surface area contributed by atoms with Gasteiger partial charge in [-0.25, -0.2) is 4.39 Å². The van der Waals surface area contributed by atoms with Crippen LogP contribution in [-0.4, -0.2) is 25.8 Å². The highest BCUT2D eigenvalue weighted by Crippen LogP contribution is 2.35. The first-order chi connectivity index (χ1) is 7.54. The van der Waals surface area contributed by atoms with Gasteiger partial charge in [-0.05, 0) is 31.5 Å². The summed E-state index contributed by atoms with van der Waals surface area (Å²) in [7, 11) is 1.52. The summed E-state index contributed by atoms with van der Waals surface area (Å²) in [5.41, 5.74) is 0.488. The van der Waals surface area contributed by atoms with E-state index in [2.05, 4.69) is 5.32 Å². The Morgan fingerprint density at radius 2 is 2.06 bits per heavy atom. The molecule has 0 bridgehead atoms. The normalized spacial score (nSPS) is 17.8. The highest BCUT2D eigenvalue weighted by molar-refractivity contribution is 5.44. The molecule has 0 spiro atoms. The Balaban J connectivity index is 2.31. The van der Waals surface area contributed by atoms with Crippen molar-refractivity contribution in [1.82, 2.24) is 5.32 Å². The number of hydrogen-bond donors (Lipinski definition) is 1. The van der Waals surface area contributed by atoms with Crippen LogP contribution in [-0.2, 0) is 0 Å². The number of nitrogens with one attached hydrogen (secondary N) is 1. The number of benzene rings is 1. The maximum absolute atomic E-state index is 13.8. The van der Waals surface area contributed by atoms with Crippen molar-refractivity contribution in [2.45, 2.75) is 19.4 Å². The monoisotopic (exact) mass is 225 g/mol. The van der Waals surface area contributed by atoms with Crippen molar-refractivity contribution in [2.24, 2.45) is 0 Å². The van der Waals surface area contributed by atoms with Crippen LogP contribution in [0.2, 0.25) is 0 Å². The molecule has 1 heterocycles. The standard InChI is InChI=1S/C12H16FNO2/c1-8-4-9(13)11(10(5-8)15-3)16-12(2)6-14-7-12/h4-5,14H,6-7H2,1-3H3. The summed E-state index contributed by atoms with van der Waals surface area (Å²) in [6.45, 7) is 5.22. The van der Waals surface area contributed by atoms with E-state index in [4.69, 9.17) is 9.47 Å². The summed E-state index contributed by atoms with van der Waals surface area (Å²) >= 11 is 0. The van der Waals surface area contributed by atoms with Gasteiger partial charge in [0.05, 0.1) is 7.11 Å². The van der Waals surface area contributed by atoms with Crippen molar-refractivity contribution in [1.29, 1.82) is 0 Å². The molecule has 0 saturated carbocycles. The lowest BCUT2D eigenvalue weighted by atomic mass is 10.00. The fourth-order valence-corrected chi connectivity index (χ4v) is 1.74. The Kier molecular flexibility index (Phi) is 2.76. The Hall–Kier alpha value is -1.29. The molecule has 0 amide bonds. The van der Waals surface area contributed by atoms with E-state index in [0.717, 1.165) is 18.7 Å². The molecule has 2 rings (SSSR count). The largest absolute Gasteiger partial charge is 0.493 e. The van der Waals surface area contributed by atoms with E-state index in [1.165, 1.54) is 13.2 Å². The third-order valence-corrected chi connectivity index (χ3v) is 2.72. The maximum atomic E-state index is 13.8. The van der Waals surface area contributed by atoms with Crippen LogP contribution in [0.15, 0.2) is 12.1 Å². The van der Waals surface area contributed by atoms with Crippen LogP contribution < -0.4 is 14.8 Å². The molecule has 4 heteroatoms. The van der Waals surface area contributed by atoms with Crippen molar-refractivity contribution in [2.75, 3.05) is 20.2 Å². The fraction of sp³-hybridized carbons (Fsp3) is 0.500. The van der Waals surface area contributed by atoms with Crippen LogP contribution in [0.4, 0.5) is 4.39 Å². The molecule has 1 aromatic rings. The number of methoxy groups -OCH3 is 1. The minimum absolute atomic E-state index is 0.206. The average molecular weight is 225 g/mol. The van der Waals surface area contributed by atoms with E-state index >= 15 is 0 Å². The number of aryl methyl sites for hydroxylation is 1. The minimum Gasteiger partial charge on any atom is -0.493 e. The molecule has 88 valence electrons. The SMILES string of the molecule is COc1cc(C)cc(F)c1OC1(C)CNC1. The zero-order valence-corrected chi connectivity index (χ0v) is 9.76. The fourth-order valence-electron chi connectivity index (χ4n) is 1.74. The van der Waals surface area contributed by atoms with Crippen molar-refractivity contribution >= 4 is 0 Å². The molecule has 0 aromatic heterocycles. The van der Waals surface area contributed by atoms with Gasteiger partial charge < -0.3 is 14.8 Å². The second-order valence-corrected chi connectivity index (χ2v) is 4.43. The van der Waals surface area contributed by atoms with Crippen LogP contribution in [0.3, 0.4) is 0 Å². The molecule has 0 radical (unpaired) electrons. The summed E-state index contributed by atoms with van der Waals surface area (Å²) in [5.74, 6) is 0.285. The van der Waals surface area contributed by atoms with Gasteiger partial charge >= 0.3 is 0 Å². The summed E-state index contributed by atoms with van der Waals surface area (Å²) in [5, 5.41) is 3.10. The summed E-state index contributed by atoms with van der Waals surface area (Å²) in [6.07, 6.45) is 0. The molecule has 0 aliphatic carbocycles. The predicted molar refractivity (Wildman–Crippen MR) is 59.6 cm³/mol. The summed E-state index contributed by atoms with van der Waals surface area (Å²) < 4.78 is 24.6. The number of halogens is 1. The zero-order valence-electron chi connectivity index (χ0n) is 9.76. The molecule has 0 atom stereocenters. The van der Waals surface area contributed by atoms with E-state index in [9.17, 15) is 4.39 Å². The van der Waals surface area contributed by atoms with Gasteiger partial charge in [-0.2, -0.15) is 0 Å². The third-order valence-electron chi connectivity index (χ3n) is 2.72. The molecule has 16 heavy (non-hydrogen) atoms. The molecule has 1 aromatic carbocycles. The van der Waals surface area contributed by atoms with Crippen LogP contribution >= 0.6 is 0 Å². The van der Waals surface area contributed by atoms with Gasteiger partial charge in [-0.3, -0.25) is 0 Å². The van der Waals surface area contributed by atoms with E-state index in [1.807, 2.05) is 13.8 Å². The molecule has 1 aliphatic heterocycles. The van der Waals surface area contributed by atoms with E-state index in [-0.39, 0.29) is 17.2 Å². The van der Waals surface area contributed by atoms with Gasteiger partial charge in [-0.1, -0.05) is 0 Å². The number of ether oxygens (including phenoxy) is 2. The second-order valence-electron chi connectivity index (χ2n) is 4.43. The quantitative estimate of drug-likeness (QED) is 0.852. The topological polar surface area (TPSA) is 30.5 Å². The van der Waals surface area contributed by atoms with Crippen molar-refractivity contribution in [3.63, 3.8) is 0 Å². The molecule has 1 aliphatic rings. The van der Waals surface area contributed by atoms with Gasteiger partial charge in [-0.15, -0.1) is 0 Å². The maximum Gasteiger partial charge on any atom is 0.197 e. The highest BCUT2D eigenvalue weighted by Gasteiger charge is 2.35. The van der Waals surface area contributed by atoms with Gasteiger partial charge in [0, 0.05) is 13.1 Å². The van der Waals surface area contributed by atoms with Crippen LogP contribution in [0.5, 0.6) is 11.5 Å². The summed E-state index contributed by atoms with van der Waals surface area (Å²) in [6, 6.07) is 3.22. The first-order valence-corrected chi connectivity index (χ1v) is 5.28. The average Bonchev–Trinajstić information content (AvgIpc) is 2.19. The van der Waals surface area contributed by atoms with Crippen LogP contribution in [0, 0.1) is 12.7 Å². The van der Waals surface area contributed by atoms with Gasteiger partial charge in [0.15, 0.2) is 17.3 Å². The van der Waals surface area contributed by atoms with Gasteiger partial charge in [0.2, 0.25) is 0 Å². The Bertz CT molecular complexity index is 402. The third kappa shape index (κ3) is 1.97. The second kappa shape index (κ2) is 3.94. The lowest BCUT2D eigenvalue weighted by Crippen LogP contribution is -2.61. The molecule has 1 saturated heterocycles. The Morgan fingerprint density at radius 1 is 1.38 bits per heavy atom. The zero-order chi connectivity index (χ0) is 11.8. The van der Waals surface area contributed by atoms with E-state index in [0.29, 0.717) is 5.75 Å². The first kappa shape index (κ1) is 11.2. The van der Waals surface area contributed by atoms with Crippen molar-refractivity contribution in [3.8, 4) is 11.5 Å². The van der Waals surface area contributed by atoms with Crippen molar-refractivity contribution < 1.29 is 13.9 Å². The first-order valence-electron chi connectivity index (χ1n) is 5.28. The molecule has 3 nitrogen and oxygen atoms in total. The smallest absolute Gasteiger partial charge is 0.197 e. The lowest BCUT2D eigenvalue weighted by molar-refractivity contribution is 0.0285. The minimum atomic E-state index is -0.370. The van der Waals surface area contributed by atoms with Crippen LogP contribution in [0.1, 0.15) is 12.5 Å². The molecular formula is C12H16FNO2. The lowest BCUT2D eigenvalue weighted by Gasteiger charge is -2.39. The van der Waals surface area contributed by atoms with Gasteiger partial charge in [0.1, 0.15) is 5.60 Å².